The summed E-state index contributed by atoms with van der Waals surface area (Å²) in [5.74, 6) is -0.0855. The van der Waals surface area contributed by atoms with E-state index in [4.69, 9.17) is 5.73 Å². The first kappa shape index (κ1) is 14.7. The molecule has 1 fully saturated rings. The molecular formula is C18H21N3O. The molecule has 0 aliphatic heterocycles. The van der Waals surface area contributed by atoms with Crippen molar-refractivity contribution in [1.82, 2.24) is 10.3 Å². The van der Waals surface area contributed by atoms with Crippen LogP contribution < -0.4 is 11.1 Å². The van der Waals surface area contributed by atoms with Crippen LogP contribution in [0.5, 0.6) is 0 Å². The predicted octanol–water partition coefficient (Wildman–Crippen LogP) is 2.75. The molecule has 0 atom stereocenters. The molecule has 0 bridgehead atoms. The van der Waals surface area contributed by atoms with Crippen LogP contribution >= 0.6 is 0 Å². The minimum absolute atomic E-state index is 0.0855. The monoisotopic (exact) mass is 295 g/mol. The van der Waals surface area contributed by atoms with Gasteiger partial charge in [-0.05, 0) is 24.5 Å². The number of carbonyl (C=O) groups excluding carboxylic acids is 1. The van der Waals surface area contributed by atoms with E-state index >= 15 is 0 Å². The van der Waals surface area contributed by atoms with Gasteiger partial charge in [0.1, 0.15) is 0 Å². The molecule has 1 aliphatic carbocycles. The van der Waals surface area contributed by atoms with Crippen molar-refractivity contribution in [3.05, 3.63) is 54.4 Å². The van der Waals surface area contributed by atoms with E-state index < -0.39 is 0 Å². The van der Waals surface area contributed by atoms with Gasteiger partial charge >= 0.3 is 0 Å². The normalized spacial score (nSPS) is 16.4. The molecule has 1 aromatic heterocycles. The fourth-order valence-corrected chi connectivity index (χ4v) is 3.10. The lowest BCUT2D eigenvalue weighted by molar-refractivity contribution is 0.0903. The SMILES string of the molecule is NCC1(NC(=O)c2cncc(-c3ccccc3)c2)CCCC1. The van der Waals surface area contributed by atoms with Crippen molar-refractivity contribution in [2.24, 2.45) is 5.73 Å². The number of nitrogens with zero attached hydrogens (tertiary/aromatic N) is 1. The standard InChI is InChI=1S/C18H21N3O/c19-13-18(8-4-5-9-18)21-17(22)16-10-15(11-20-12-16)14-6-2-1-3-7-14/h1-3,6-7,10-12H,4-5,8-9,13,19H2,(H,21,22). The average Bonchev–Trinajstić information content (AvgIpc) is 3.05. The molecule has 0 saturated heterocycles. The lowest BCUT2D eigenvalue weighted by Gasteiger charge is -2.28. The first-order valence-electron chi connectivity index (χ1n) is 7.75. The predicted molar refractivity (Wildman–Crippen MR) is 87.4 cm³/mol. The maximum absolute atomic E-state index is 12.5. The van der Waals surface area contributed by atoms with E-state index in [2.05, 4.69) is 10.3 Å². The second-order valence-electron chi connectivity index (χ2n) is 5.97. The number of carbonyl (C=O) groups is 1. The van der Waals surface area contributed by atoms with Crippen LogP contribution in [0, 0.1) is 0 Å². The molecule has 0 radical (unpaired) electrons. The number of hydrogen-bond acceptors (Lipinski definition) is 3. The molecule has 1 saturated carbocycles. The topological polar surface area (TPSA) is 68.0 Å². The van der Waals surface area contributed by atoms with E-state index in [0.717, 1.165) is 36.8 Å². The molecule has 22 heavy (non-hydrogen) atoms. The van der Waals surface area contributed by atoms with E-state index in [0.29, 0.717) is 12.1 Å². The third-order valence-corrected chi connectivity index (χ3v) is 4.44. The Morgan fingerprint density at radius 2 is 1.86 bits per heavy atom. The smallest absolute Gasteiger partial charge is 0.253 e. The molecular weight excluding hydrogens is 274 g/mol. The summed E-state index contributed by atoms with van der Waals surface area (Å²) in [6, 6.07) is 11.8. The average molecular weight is 295 g/mol. The first-order valence-corrected chi connectivity index (χ1v) is 7.75. The zero-order chi connectivity index (χ0) is 15.4. The summed E-state index contributed by atoms with van der Waals surface area (Å²) >= 11 is 0. The molecule has 0 unspecified atom stereocenters. The zero-order valence-electron chi connectivity index (χ0n) is 12.6. The van der Waals surface area contributed by atoms with Gasteiger partial charge in [0, 0.05) is 24.5 Å². The van der Waals surface area contributed by atoms with Crippen molar-refractivity contribution in [2.45, 2.75) is 31.2 Å². The van der Waals surface area contributed by atoms with E-state index in [1.165, 1.54) is 0 Å². The number of nitrogens with one attached hydrogen (secondary N) is 1. The van der Waals surface area contributed by atoms with Crippen LogP contribution in [-0.4, -0.2) is 23.0 Å². The lowest BCUT2D eigenvalue weighted by atomic mass is 9.97. The van der Waals surface area contributed by atoms with Gasteiger partial charge in [-0.15, -0.1) is 0 Å². The lowest BCUT2D eigenvalue weighted by Crippen LogP contribution is -2.51. The number of aromatic nitrogens is 1. The van der Waals surface area contributed by atoms with Crippen molar-refractivity contribution in [2.75, 3.05) is 6.54 Å². The minimum atomic E-state index is -0.236. The molecule has 0 spiro atoms. The van der Waals surface area contributed by atoms with Crippen molar-refractivity contribution >= 4 is 5.91 Å². The highest BCUT2D eigenvalue weighted by atomic mass is 16.1. The third-order valence-electron chi connectivity index (χ3n) is 4.44. The Hall–Kier alpha value is -2.20. The quantitative estimate of drug-likeness (QED) is 0.911. The maximum Gasteiger partial charge on any atom is 0.253 e. The highest BCUT2D eigenvalue weighted by molar-refractivity contribution is 5.95. The van der Waals surface area contributed by atoms with E-state index in [-0.39, 0.29) is 11.4 Å². The summed E-state index contributed by atoms with van der Waals surface area (Å²) in [5, 5.41) is 3.13. The molecule has 1 amide bonds. The van der Waals surface area contributed by atoms with Crippen LogP contribution in [0.2, 0.25) is 0 Å². The van der Waals surface area contributed by atoms with Gasteiger partial charge in [0.15, 0.2) is 0 Å². The van der Waals surface area contributed by atoms with Crippen LogP contribution in [0.25, 0.3) is 11.1 Å². The summed E-state index contributed by atoms with van der Waals surface area (Å²) in [5.41, 5.74) is 8.23. The van der Waals surface area contributed by atoms with Gasteiger partial charge < -0.3 is 11.1 Å². The number of rotatable bonds is 4. The number of benzene rings is 1. The number of nitrogens with two attached hydrogens (primary N) is 1. The largest absolute Gasteiger partial charge is 0.345 e. The number of amides is 1. The molecule has 3 N–H and O–H groups in total. The van der Waals surface area contributed by atoms with Gasteiger partial charge in [-0.25, -0.2) is 0 Å². The van der Waals surface area contributed by atoms with Crippen LogP contribution in [0.4, 0.5) is 0 Å². The van der Waals surface area contributed by atoms with Crippen molar-refractivity contribution in [3.63, 3.8) is 0 Å². The van der Waals surface area contributed by atoms with E-state index in [1.807, 2.05) is 36.4 Å². The van der Waals surface area contributed by atoms with Crippen LogP contribution in [0.1, 0.15) is 36.0 Å². The highest BCUT2D eigenvalue weighted by Crippen LogP contribution is 2.29. The molecule has 2 aromatic rings. The fourth-order valence-electron chi connectivity index (χ4n) is 3.10. The fraction of sp³-hybridized carbons (Fsp3) is 0.333. The first-order chi connectivity index (χ1) is 10.7. The number of pyridine rings is 1. The van der Waals surface area contributed by atoms with Gasteiger partial charge in [0.05, 0.1) is 11.1 Å². The zero-order valence-corrected chi connectivity index (χ0v) is 12.6. The second-order valence-corrected chi connectivity index (χ2v) is 5.97. The van der Waals surface area contributed by atoms with Gasteiger partial charge in [-0.3, -0.25) is 9.78 Å². The van der Waals surface area contributed by atoms with Crippen LogP contribution in [-0.2, 0) is 0 Å². The number of hydrogen-bond donors (Lipinski definition) is 2. The van der Waals surface area contributed by atoms with Gasteiger partial charge in [-0.1, -0.05) is 43.2 Å². The van der Waals surface area contributed by atoms with Crippen molar-refractivity contribution < 1.29 is 4.79 Å². The Bertz CT molecular complexity index is 648. The summed E-state index contributed by atoms with van der Waals surface area (Å²) in [6.45, 7) is 0.491. The van der Waals surface area contributed by atoms with Crippen LogP contribution in [0.15, 0.2) is 48.8 Å². The molecule has 3 rings (SSSR count). The third kappa shape index (κ3) is 3.02. The highest BCUT2D eigenvalue weighted by Gasteiger charge is 2.34. The second kappa shape index (κ2) is 6.28. The summed E-state index contributed by atoms with van der Waals surface area (Å²) in [7, 11) is 0. The molecule has 1 heterocycles. The summed E-state index contributed by atoms with van der Waals surface area (Å²) < 4.78 is 0. The van der Waals surface area contributed by atoms with Gasteiger partial charge in [0.25, 0.3) is 5.91 Å². The molecule has 1 aromatic carbocycles. The Balaban J connectivity index is 1.81. The molecule has 1 aliphatic rings. The Morgan fingerprint density at radius 1 is 1.14 bits per heavy atom. The molecule has 114 valence electrons. The van der Waals surface area contributed by atoms with Gasteiger partial charge in [-0.2, -0.15) is 0 Å². The van der Waals surface area contributed by atoms with Crippen molar-refractivity contribution in [3.8, 4) is 11.1 Å². The Morgan fingerprint density at radius 3 is 2.55 bits per heavy atom. The molecule has 4 nitrogen and oxygen atoms in total. The summed E-state index contributed by atoms with van der Waals surface area (Å²) in [6.07, 6.45) is 7.56. The van der Waals surface area contributed by atoms with Gasteiger partial charge in [0.2, 0.25) is 0 Å². The molecule has 4 heteroatoms. The summed E-state index contributed by atoms with van der Waals surface area (Å²) in [4.78, 5) is 16.8. The Kier molecular flexibility index (Phi) is 4.20. The Labute approximate surface area is 130 Å². The van der Waals surface area contributed by atoms with Crippen LogP contribution in [0.3, 0.4) is 0 Å². The maximum atomic E-state index is 12.5. The van der Waals surface area contributed by atoms with E-state index in [1.54, 1.807) is 12.4 Å². The van der Waals surface area contributed by atoms with E-state index in [9.17, 15) is 4.79 Å². The van der Waals surface area contributed by atoms with Crippen molar-refractivity contribution in [1.29, 1.82) is 0 Å². The minimum Gasteiger partial charge on any atom is -0.345 e.